The number of nitrogens with zero attached hydrogens (tertiary/aromatic N) is 4. The van der Waals surface area contributed by atoms with E-state index in [9.17, 15) is 0 Å². The van der Waals surface area contributed by atoms with Crippen LogP contribution in [-0.4, -0.2) is 33.3 Å². The maximum absolute atomic E-state index is 4.42. The summed E-state index contributed by atoms with van der Waals surface area (Å²) in [6.07, 6.45) is 1.12. The Hall–Kier alpha value is -0.970. The van der Waals surface area contributed by atoms with Crippen molar-refractivity contribution in [1.29, 1.82) is 0 Å². The molecule has 0 amide bonds. The van der Waals surface area contributed by atoms with Gasteiger partial charge in [0, 0.05) is 12.5 Å². The third-order valence-electron chi connectivity index (χ3n) is 2.45. The van der Waals surface area contributed by atoms with E-state index in [1.165, 1.54) is 0 Å². The predicted molar refractivity (Wildman–Crippen MR) is 53.0 cm³/mol. The highest BCUT2D eigenvalue weighted by atomic mass is 15.6. The number of hydrogen-bond donors (Lipinski definition) is 1. The maximum Gasteiger partial charge on any atom is 0.179 e. The smallest absolute Gasteiger partial charge is 0.179 e. The Labute approximate surface area is 83.9 Å². The molecule has 2 rings (SSSR count). The van der Waals surface area contributed by atoms with Crippen molar-refractivity contribution in [2.75, 3.05) is 13.1 Å². The van der Waals surface area contributed by atoms with E-state index in [1.54, 1.807) is 4.80 Å². The van der Waals surface area contributed by atoms with Crippen molar-refractivity contribution in [3.8, 4) is 0 Å². The average molecular weight is 195 g/mol. The summed E-state index contributed by atoms with van der Waals surface area (Å²) in [5.41, 5.74) is -0.0721. The van der Waals surface area contributed by atoms with Gasteiger partial charge in [0.1, 0.15) is 0 Å². The van der Waals surface area contributed by atoms with E-state index in [-0.39, 0.29) is 5.54 Å². The lowest BCUT2D eigenvalue weighted by Gasteiger charge is -2.15. The first-order valence-corrected chi connectivity index (χ1v) is 5.08. The van der Waals surface area contributed by atoms with Crippen LogP contribution >= 0.6 is 0 Å². The van der Waals surface area contributed by atoms with Gasteiger partial charge >= 0.3 is 0 Å². The van der Waals surface area contributed by atoms with Crippen LogP contribution in [0, 0.1) is 0 Å². The van der Waals surface area contributed by atoms with Crippen LogP contribution in [0.3, 0.4) is 0 Å². The quantitative estimate of drug-likeness (QED) is 0.709. The van der Waals surface area contributed by atoms with Gasteiger partial charge in [-0.25, -0.2) is 0 Å². The minimum absolute atomic E-state index is 0.0721. The lowest BCUT2D eigenvalue weighted by molar-refractivity contribution is 0.305. The zero-order chi connectivity index (χ0) is 10.2. The molecule has 14 heavy (non-hydrogen) atoms. The van der Waals surface area contributed by atoms with Gasteiger partial charge in [0.05, 0.1) is 5.54 Å². The second-order valence-electron chi connectivity index (χ2n) is 4.80. The summed E-state index contributed by atoms with van der Waals surface area (Å²) in [7, 11) is 0. The topological polar surface area (TPSA) is 55.6 Å². The molecule has 0 bridgehead atoms. The van der Waals surface area contributed by atoms with Crippen LogP contribution in [0.4, 0.5) is 0 Å². The molecule has 0 aliphatic carbocycles. The monoisotopic (exact) mass is 195 g/mol. The highest BCUT2D eigenvalue weighted by molar-refractivity contribution is 4.96. The van der Waals surface area contributed by atoms with Gasteiger partial charge in [0.25, 0.3) is 0 Å². The molecule has 1 aliphatic rings. The zero-order valence-electron chi connectivity index (χ0n) is 8.99. The van der Waals surface area contributed by atoms with Crippen molar-refractivity contribution in [2.24, 2.45) is 0 Å². The molecule has 1 aromatic heterocycles. The minimum atomic E-state index is -0.0721. The first kappa shape index (κ1) is 9.58. The lowest BCUT2D eigenvalue weighted by atomic mass is 10.1. The first-order valence-electron chi connectivity index (χ1n) is 5.08. The largest absolute Gasteiger partial charge is 0.316 e. The van der Waals surface area contributed by atoms with Gasteiger partial charge in [-0.3, -0.25) is 0 Å². The molecule has 78 valence electrons. The minimum Gasteiger partial charge on any atom is -0.316 e. The number of nitrogens with one attached hydrogen (secondary N) is 1. The van der Waals surface area contributed by atoms with E-state index in [2.05, 4.69) is 41.5 Å². The first-order chi connectivity index (χ1) is 6.57. The Morgan fingerprint density at radius 2 is 2.21 bits per heavy atom. The van der Waals surface area contributed by atoms with Crippen LogP contribution in [0.25, 0.3) is 0 Å². The van der Waals surface area contributed by atoms with E-state index in [0.29, 0.717) is 5.92 Å². The molecule has 1 atom stereocenters. The van der Waals surface area contributed by atoms with Crippen LogP contribution in [0.5, 0.6) is 0 Å². The van der Waals surface area contributed by atoms with Crippen LogP contribution in [-0.2, 0) is 5.54 Å². The number of aromatic nitrogens is 4. The van der Waals surface area contributed by atoms with Gasteiger partial charge in [-0.05, 0) is 39.0 Å². The molecule has 1 aliphatic heterocycles. The van der Waals surface area contributed by atoms with Crippen molar-refractivity contribution >= 4 is 0 Å². The third kappa shape index (κ3) is 1.77. The SMILES string of the molecule is CC(C)(C)n1nnc(C2CCNC2)n1. The molecular formula is C9H17N5. The average Bonchev–Trinajstić information content (AvgIpc) is 2.73. The fourth-order valence-corrected chi connectivity index (χ4v) is 1.55. The molecule has 1 fully saturated rings. The summed E-state index contributed by atoms with van der Waals surface area (Å²) in [4.78, 5) is 1.70. The zero-order valence-corrected chi connectivity index (χ0v) is 8.99. The Morgan fingerprint density at radius 1 is 1.43 bits per heavy atom. The summed E-state index contributed by atoms with van der Waals surface area (Å²) in [5.74, 6) is 1.33. The number of rotatable bonds is 1. The Bertz CT molecular complexity index is 305. The maximum atomic E-state index is 4.42. The van der Waals surface area contributed by atoms with Crippen molar-refractivity contribution < 1.29 is 0 Å². The molecule has 0 aromatic carbocycles. The van der Waals surface area contributed by atoms with Gasteiger partial charge in [0.2, 0.25) is 0 Å². The molecule has 0 spiro atoms. The predicted octanol–water partition coefficient (Wildman–Crippen LogP) is 0.505. The van der Waals surface area contributed by atoms with Crippen LogP contribution < -0.4 is 5.32 Å². The molecular weight excluding hydrogens is 178 g/mol. The molecule has 0 saturated carbocycles. The van der Waals surface area contributed by atoms with Gasteiger partial charge in [-0.2, -0.15) is 4.80 Å². The van der Waals surface area contributed by atoms with E-state index in [4.69, 9.17) is 0 Å². The molecule has 1 saturated heterocycles. The molecule has 5 nitrogen and oxygen atoms in total. The van der Waals surface area contributed by atoms with Crippen molar-refractivity contribution in [2.45, 2.75) is 38.6 Å². The van der Waals surface area contributed by atoms with Gasteiger partial charge in [-0.15, -0.1) is 10.2 Å². The summed E-state index contributed by atoms with van der Waals surface area (Å²) < 4.78 is 0. The summed E-state index contributed by atoms with van der Waals surface area (Å²) in [6, 6.07) is 0. The van der Waals surface area contributed by atoms with Gasteiger partial charge < -0.3 is 5.32 Å². The fourth-order valence-electron chi connectivity index (χ4n) is 1.55. The van der Waals surface area contributed by atoms with Gasteiger partial charge in [0.15, 0.2) is 5.82 Å². The summed E-state index contributed by atoms with van der Waals surface area (Å²) >= 11 is 0. The molecule has 1 aromatic rings. The second kappa shape index (κ2) is 3.31. The van der Waals surface area contributed by atoms with E-state index in [1.807, 2.05) is 0 Å². The molecule has 1 N–H and O–H groups in total. The van der Waals surface area contributed by atoms with E-state index >= 15 is 0 Å². The van der Waals surface area contributed by atoms with Crippen molar-refractivity contribution in [1.82, 2.24) is 25.5 Å². The van der Waals surface area contributed by atoms with E-state index < -0.39 is 0 Å². The summed E-state index contributed by atoms with van der Waals surface area (Å²) in [6.45, 7) is 8.27. The van der Waals surface area contributed by atoms with Crippen LogP contribution in [0.2, 0.25) is 0 Å². The Morgan fingerprint density at radius 3 is 2.71 bits per heavy atom. The fraction of sp³-hybridized carbons (Fsp3) is 0.889. The number of tetrazole rings is 1. The number of hydrogen-bond acceptors (Lipinski definition) is 4. The lowest BCUT2D eigenvalue weighted by Crippen LogP contribution is -2.25. The molecule has 2 heterocycles. The third-order valence-corrected chi connectivity index (χ3v) is 2.45. The standard InChI is InChI=1S/C9H17N5/c1-9(2,3)14-12-8(11-13-14)7-4-5-10-6-7/h7,10H,4-6H2,1-3H3. The second-order valence-corrected chi connectivity index (χ2v) is 4.80. The van der Waals surface area contributed by atoms with Crippen molar-refractivity contribution in [3.05, 3.63) is 5.82 Å². The van der Waals surface area contributed by atoms with Crippen LogP contribution in [0.1, 0.15) is 38.9 Å². The normalized spacial score (nSPS) is 22.9. The molecule has 1 unspecified atom stereocenters. The van der Waals surface area contributed by atoms with E-state index in [0.717, 1.165) is 25.3 Å². The Kier molecular flexibility index (Phi) is 2.26. The molecule has 5 heteroatoms. The summed E-state index contributed by atoms with van der Waals surface area (Å²) in [5, 5.41) is 15.9. The highest BCUT2D eigenvalue weighted by Crippen LogP contribution is 2.19. The van der Waals surface area contributed by atoms with Crippen LogP contribution in [0.15, 0.2) is 0 Å². The Balaban J connectivity index is 2.17. The van der Waals surface area contributed by atoms with Crippen molar-refractivity contribution in [3.63, 3.8) is 0 Å². The highest BCUT2D eigenvalue weighted by Gasteiger charge is 2.24. The molecule has 0 radical (unpaired) electrons. The van der Waals surface area contributed by atoms with Gasteiger partial charge in [-0.1, -0.05) is 0 Å².